The maximum atomic E-state index is 6.94. The lowest BCUT2D eigenvalue weighted by Gasteiger charge is -2.06. The topological polar surface area (TPSA) is 0 Å². The standard InChI is InChI=1S/C19H15ClSi/c1-21(20)18-15(12-6-2-3-7-12)11-16-14-9-5-4-8-13(14)10-17(16)19(18)21/h2-6,8-9,11H,7,10H2,1H3. The number of rotatable bonds is 1. The van der Waals surface area contributed by atoms with E-state index in [1.807, 2.05) is 0 Å². The molecule has 5 rings (SSSR count). The first-order valence-electron chi connectivity index (χ1n) is 7.52. The lowest BCUT2D eigenvalue weighted by Crippen LogP contribution is -2.16. The number of halogens is 1. The summed E-state index contributed by atoms with van der Waals surface area (Å²) >= 11 is 6.94. The predicted molar refractivity (Wildman–Crippen MR) is 93.2 cm³/mol. The molecule has 0 amide bonds. The molecule has 21 heavy (non-hydrogen) atoms. The van der Waals surface area contributed by atoms with Crippen LogP contribution in [-0.2, 0) is 6.42 Å². The Kier molecular flexibility index (Phi) is 2.17. The maximum absolute atomic E-state index is 6.94. The summed E-state index contributed by atoms with van der Waals surface area (Å²) in [6, 6.07) is 11.2. The lowest BCUT2D eigenvalue weighted by atomic mass is 9.98. The van der Waals surface area contributed by atoms with Crippen LogP contribution < -0.4 is 10.4 Å². The van der Waals surface area contributed by atoms with Crippen molar-refractivity contribution in [3.63, 3.8) is 0 Å². The second-order valence-electron chi connectivity index (χ2n) is 6.36. The number of hydrogen-bond donors (Lipinski definition) is 0. The number of allylic oxidation sites excluding steroid dienone is 4. The van der Waals surface area contributed by atoms with Crippen LogP contribution >= 0.6 is 11.1 Å². The molecule has 0 radical (unpaired) electrons. The minimum Gasteiger partial charge on any atom is -0.155 e. The second kappa shape index (κ2) is 3.79. The van der Waals surface area contributed by atoms with Crippen LogP contribution in [0.3, 0.4) is 0 Å². The van der Waals surface area contributed by atoms with Crippen molar-refractivity contribution < 1.29 is 0 Å². The van der Waals surface area contributed by atoms with Crippen molar-refractivity contribution in [1.29, 1.82) is 0 Å². The van der Waals surface area contributed by atoms with Gasteiger partial charge in [0.2, 0.25) is 7.38 Å². The van der Waals surface area contributed by atoms with Crippen LogP contribution in [0, 0.1) is 0 Å². The third-order valence-electron chi connectivity index (χ3n) is 5.10. The molecule has 1 atom stereocenters. The molecule has 0 saturated carbocycles. The summed E-state index contributed by atoms with van der Waals surface area (Å²) in [5.74, 6) is 0. The summed E-state index contributed by atoms with van der Waals surface area (Å²) in [7, 11) is -1.80. The molecule has 1 heterocycles. The van der Waals surface area contributed by atoms with E-state index in [1.54, 1.807) is 0 Å². The summed E-state index contributed by atoms with van der Waals surface area (Å²) in [5.41, 5.74) is 8.69. The molecule has 0 bridgehead atoms. The highest BCUT2D eigenvalue weighted by Crippen LogP contribution is 2.42. The van der Waals surface area contributed by atoms with Gasteiger partial charge < -0.3 is 0 Å². The van der Waals surface area contributed by atoms with Gasteiger partial charge in [-0.05, 0) is 69.2 Å². The van der Waals surface area contributed by atoms with Crippen molar-refractivity contribution in [2.24, 2.45) is 0 Å². The van der Waals surface area contributed by atoms with Gasteiger partial charge in [-0.1, -0.05) is 42.5 Å². The average Bonchev–Trinajstić information content (AvgIpc) is 2.93. The Balaban J connectivity index is 1.79. The van der Waals surface area contributed by atoms with Gasteiger partial charge in [0.25, 0.3) is 0 Å². The van der Waals surface area contributed by atoms with Crippen LogP contribution in [0.4, 0.5) is 0 Å². The lowest BCUT2D eigenvalue weighted by molar-refractivity contribution is 1.28. The molecular weight excluding hydrogens is 292 g/mol. The zero-order valence-electron chi connectivity index (χ0n) is 11.9. The normalized spacial score (nSPS) is 23.6. The third-order valence-corrected chi connectivity index (χ3v) is 8.94. The van der Waals surface area contributed by atoms with E-state index in [9.17, 15) is 0 Å². The predicted octanol–water partition coefficient (Wildman–Crippen LogP) is 3.84. The summed E-state index contributed by atoms with van der Waals surface area (Å²) < 4.78 is 0. The smallest absolute Gasteiger partial charge is 0.155 e. The first kappa shape index (κ1) is 12.0. The Bertz CT molecular complexity index is 871. The van der Waals surface area contributed by atoms with Crippen LogP contribution in [0.2, 0.25) is 6.55 Å². The summed E-state index contributed by atoms with van der Waals surface area (Å²) in [4.78, 5) is 0. The van der Waals surface area contributed by atoms with Crippen LogP contribution in [0.1, 0.15) is 23.1 Å². The molecule has 0 aromatic heterocycles. The van der Waals surface area contributed by atoms with E-state index in [4.69, 9.17) is 11.1 Å². The highest BCUT2D eigenvalue weighted by atomic mass is 35.6. The monoisotopic (exact) mass is 306 g/mol. The molecule has 2 aromatic rings. The van der Waals surface area contributed by atoms with Gasteiger partial charge in [-0.15, -0.1) is 0 Å². The van der Waals surface area contributed by atoms with Gasteiger partial charge in [0.15, 0.2) is 0 Å². The van der Waals surface area contributed by atoms with Gasteiger partial charge in [0.05, 0.1) is 0 Å². The number of benzene rings is 2. The molecule has 0 spiro atoms. The molecule has 0 N–H and O–H groups in total. The summed E-state index contributed by atoms with van der Waals surface area (Å²) in [6.07, 6.45) is 8.77. The molecule has 1 aliphatic heterocycles. The van der Waals surface area contributed by atoms with Crippen molar-refractivity contribution in [1.82, 2.24) is 0 Å². The van der Waals surface area contributed by atoms with Gasteiger partial charge in [0.1, 0.15) is 0 Å². The summed E-state index contributed by atoms with van der Waals surface area (Å²) in [6.45, 7) is 2.29. The van der Waals surface area contributed by atoms with Crippen molar-refractivity contribution in [2.45, 2.75) is 19.4 Å². The Labute approximate surface area is 130 Å². The van der Waals surface area contributed by atoms with Crippen molar-refractivity contribution in [3.8, 4) is 11.1 Å². The van der Waals surface area contributed by atoms with Gasteiger partial charge in [-0.3, -0.25) is 0 Å². The van der Waals surface area contributed by atoms with Gasteiger partial charge >= 0.3 is 0 Å². The molecule has 2 aromatic carbocycles. The van der Waals surface area contributed by atoms with E-state index in [2.05, 4.69) is 55.1 Å². The van der Waals surface area contributed by atoms with Crippen molar-refractivity contribution in [3.05, 3.63) is 65.3 Å². The van der Waals surface area contributed by atoms with E-state index in [0.717, 1.165) is 12.8 Å². The first-order valence-corrected chi connectivity index (χ1v) is 11.0. The molecule has 2 heteroatoms. The average molecular weight is 307 g/mol. The quantitative estimate of drug-likeness (QED) is 0.473. The molecule has 102 valence electrons. The largest absolute Gasteiger partial charge is 0.215 e. The molecule has 2 aliphatic carbocycles. The van der Waals surface area contributed by atoms with E-state index >= 15 is 0 Å². The number of fused-ring (bicyclic) bond motifs is 5. The van der Waals surface area contributed by atoms with E-state index in [-0.39, 0.29) is 0 Å². The van der Waals surface area contributed by atoms with Crippen LogP contribution in [0.5, 0.6) is 0 Å². The van der Waals surface area contributed by atoms with Crippen molar-refractivity contribution in [2.75, 3.05) is 0 Å². The molecule has 1 unspecified atom stereocenters. The van der Waals surface area contributed by atoms with Crippen LogP contribution in [0.25, 0.3) is 16.7 Å². The Hall–Kier alpha value is -1.57. The SMILES string of the molecule is C[Si]1(Cl)c2c(C3=CC=CC3)cc3c(c21)Cc1ccccc1-3. The fourth-order valence-electron chi connectivity index (χ4n) is 4.06. The Morgan fingerprint density at radius 3 is 2.71 bits per heavy atom. The number of hydrogen-bond acceptors (Lipinski definition) is 0. The molecular formula is C19H15ClSi. The first-order chi connectivity index (χ1) is 10.2. The molecule has 3 aliphatic rings. The second-order valence-corrected chi connectivity index (χ2v) is 11.6. The van der Waals surface area contributed by atoms with Gasteiger partial charge in [-0.25, -0.2) is 0 Å². The Morgan fingerprint density at radius 2 is 1.90 bits per heavy atom. The fourth-order valence-corrected chi connectivity index (χ4v) is 8.46. The minimum atomic E-state index is -1.80. The fraction of sp³-hybridized carbons (Fsp3) is 0.158. The van der Waals surface area contributed by atoms with Crippen LogP contribution in [-0.4, -0.2) is 7.38 Å². The molecule has 0 nitrogen and oxygen atoms in total. The van der Waals surface area contributed by atoms with Crippen LogP contribution in [0.15, 0.2) is 48.6 Å². The van der Waals surface area contributed by atoms with E-state index in [1.165, 1.54) is 43.8 Å². The van der Waals surface area contributed by atoms with Gasteiger partial charge in [0, 0.05) is 0 Å². The molecule has 0 saturated heterocycles. The highest BCUT2D eigenvalue weighted by Gasteiger charge is 2.53. The third kappa shape index (κ3) is 1.46. The molecule has 0 fully saturated rings. The zero-order valence-corrected chi connectivity index (χ0v) is 13.7. The Morgan fingerprint density at radius 1 is 1.05 bits per heavy atom. The zero-order chi connectivity index (χ0) is 14.2. The van der Waals surface area contributed by atoms with E-state index < -0.39 is 7.38 Å². The minimum absolute atomic E-state index is 1.05. The van der Waals surface area contributed by atoms with Gasteiger partial charge in [-0.2, -0.15) is 11.1 Å². The van der Waals surface area contributed by atoms with Crippen molar-refractivity contribution >= 4 is 34.4 Å². The maximum Gasteiger partial charge on any atom is 0.215 e. The van der Waals surface area contributed by atoms with E-state index in [0.29, 0.717) is 0 Å². The highest BCUT2D eigenvalue weighted by molar-refractivity contribution is 7.44. The summed E-state index contributed by atoms with van der Waals surface area (Å²) in [5, 5.41) is 3.03.